The van der Waals surface area contributed by atoms with Crippen molar-refractivity contribution >= 4 is 28.8 Å². The number of Topliss-reactive ketones (excluding diaryl/α,β-unsaturated/α-hetero) is 1. The molecule has 0 spiro atoms. The third-order valence-electron chi connectivity index (χ3n) is 9.10. The van der Waals surface area contributed by atoms with Gasteiger partial charge in [-0.05, 0) is 80.7 Å². The van der Waals surface area contributed by atoms with Gasteiger partial charge in [-0.25, -0.2) is 9.37 Å². The van der Waals surface area contributed by atoms with Gasteiger partial charge >= 0.3 is 0 Å². The lowest BCUT2D eigenvalue weighted by Gasteiger charge is -2.36. The number of benzene rings is 3. The molecule has 2 atom stereocenters. The Hall–Kier alpha value is -4.08. The summed E-state index contributed by atoms with van der Waals surface area (Å²) >= 11 is 5.99. The third kappa shape index (κ3) is 5.75. The Morgan fingerprint density at radius 2 is 1.98 bits per heavy atom. The molecule has 45 heavy (non-hydrogen) atoms. The number of oxazole rings is 1. The van der Waals surface area contributed by atoms with Crippen LogP contribution in [-0.2, 0) is 12.3 Å². The Kier molecular flexibility index (Phi) is 7.91. The topological polar surface area (TPSA) is 80.1 Å². The van der Waals surface area contributed by atoms with Crippen LogP contribution in [0.3, 0.4) is 0 Å². The van der Waals surface area contributed by atoms with Gasteiger partial charge in [-0.2, -0.15) is 0 Å². The third-order valence-corrected chi connectivity index (χ3v) is 9.34. The van der Waals surface area contributed by atoms with Crippen LogP contribution in [0.1, 0.15) is 72.7 Å². The molecule has 7 rings (SSSR count). The second-order valence-electron chi connectivity index (χ2n) is 12.2. The summed E-state index contributed by atoms with van der Waals surface area (Å²) < 4.78 is 33.1. The Morgan fingerprint density at radius 1 is 1.13 bits per heavy atom. The smallest absolute Gasteiger partial charge is 0.278 e. The number of aromatic nitrogens is 1. The van der Waals surface area contributed by atoms with Crippen LogP contribution in [0.25, 0.3) is 0 Å². The average molecular weight is 631 g/mol. The van der Waals surface area contributed by atoms with E-state index in [1.165, 1.54) is 12.5 Å². The number of piperidine rings is 1. The van der Waals surface area contributed by atoms with Crippen LogP contribution >= 0.6 is 11.6 Å². The van der Waals surface area contributed by atoms with E-state index in [2.05, 4.69) is 26.2 Å². The highest BCUT2D eigenvalue weighted by Crippen LogP contribution is 2.50. The van der Waals surface area contributed by atoms with Crippen LogP contribution in [0.5, 0.6) is 11.5 Å². The van der Waals surface area contributed by atoms with Crippen molar-refractivity contribution in [2.45, 2.75) is 63.9 Å². The van der Waals surface area contributed by atoms with Crippen molar-refractivity contribution in [3.63, 3.8) is 0 Å². The lowest BCUT2D eigenvalue weighted by Crippen LogP contribution is -2.47. The zero-order chi connectivity index (χ0) is 31.1. The molecule has 1 N–H and O–H groups in total. The van der Waals surface area contributed by atoms with E-state index in [1.54, 1.807) is 25.3 Å². The van der Waals surface area contributed by atoms with Gasteiger partial charge in [-0.1, -0.05) is 30.7 Å². The van der Waals surface area contributed by atoms with E-state index in [-0.39, 0.29) is 17.9 Å². The van der Waals surface area contributed by atoms with Crippen LogP contribution in [0.15, 0.2) is 71.6 Å². The van der Waals surface area contributed by atoms with Gasteiger partial charge < -0.3 is 24.1 Å². The molecule has 1 fully saturated rings. The minimum Gasteiger partial charge on any atom is -0.447 e. The number of hydrogen-bond acceptors (Lipinski definition) is 8. The summed E-state index contributed by atoms with van der Waals surface area (Å²) in [5.41, 5.74) is 4.15. The number of para-hydroxylation sites is 1. The number of halogens is 2. The van der Waals surface area contributed by atoms with Crippen LogP contribution in [0.4, 0.5) is 15.8 Å². The molecule has 3 aliphatic heterocycles. The summed E-state index contributed by atoms with van der Waals surface area (Å²) in [7, 11) is 0. The maximum atomic E-state index is 14.9. The number of ketones is 1. The predicted molar refractivity (Wildman–Crippen MR) is 171 cm³/mol. The van der Waals surface area contributed by atoms with Gasteiger partial charge in [0.1, 0.15) is 17.7 Å². The molecule has 234 valence electrons. The van der Waals surface area contributed by atoms with Gasteiger partial charge in [-0.15, -0.1) is 0 Å². The van der Waals surface area contributed by atoms with Crippen LogP contribution in [-0.4, -0.2) is 41.5 Å². The Morgan fingerprint density at radius 3 is 2.73 bits per heavy atom. The van der Waals surface area contributed by atoms with E-state index in [1.807, 2.05) is 37.3 Å². The van der Waals surface area contributed by atoms with Crippen molar-refractivity contribution in [2.24, 2.45) is 0 Å². The molecule has 0 radical (unpaired) electrons. The van der Waals surface area contributed by atoms with Crippen molar-refractivity contribution in [3.8, 4) is 11.5 Å². The van der Waals surface area contributed by atoms with Gasteiger partial charge in [0.15, 0.2) is 23.7 Å². The summed E-state index contributed by atoms with van der Waals surface area (Å²) in [6.45, 7) is 6.92. The first-order valence-electron chi connectivity index (χ1n) is 15.6. The molecule has 0 amide bonds. The molecule has 1 saturated heterocycles. The first kappa shape index (κ1) is 29.6. The fourth-order valence-electron chi connectivity index (χ4n) is 6.80. The lowest BCUT2D eigenvalue weighted by molar-refractivity contribution is -0.0712. The van der Waals surface area contributed by atoms with E-state index in [0.29, 0.717) is 35.1 Å². The summed E-state index contributed by atoms with van der Waals surface area (Å²) in [5, 5.41) is 4.01. The van der Waals surface area contributed by atoms with E-state index < -0.39 is 11.6 Å². The molecule has 2 unspecified atom stereocenters. The number of anilines is 2. The second-order valence-corrected chi connectivity index (χ2v) is 12.6. The molecule has 3 aromatic carbocycles. The van der Waals surface area contributed by atoms with Crippen molar-refractivity contribution < 1.29 is 23.1 Å². The SMILES string of the molecule is CCCC(=O)c1ccc2c(c1)N(Cc1cnco1)C(CN1CCC(c3cccc4c3OC(C)(c3ccc(Cl)cc3F)O4)CC1)N2. The Bertz CT molecular complexity index is 1710. The van der Waals surface area contributed by atoms with Crippen molar-refractivity contribution in [3.05, 3.63) is 100 Å². The number of carbonyl (C=O) groups is 1. The summed E-state index contributed by atoms with van der Waals surface area (Å²) in [4.78, 5) is 21.6. The van der Waals surface area contributed by atoms with Crippen LogP contribution in [0, 0.1) is 5.82 Å². The molecule has 4 aromatic rings. The number of ether oxygens (including phenoxy) is 2. The fourth-order valence-corrected chi connectivity index (χ4v) is 6.96. The monoisotopic (exact) mass is 630 g/mol. The number of hydrogen-bond donors (Lipinski definition) is 1. The maximum absolute atomic E-state index is 14.9. The predicted octanol–water partition coefficient (Wildman–Crippen LogP) is 7.73. The largest absolute Gasteiger partial charge is 0.447 e. The van der Waals surface area contributed by atoms with Gasteiger partial charge in [-0.3, -0.25) is 9.69 Å². The first-order valence-corrected chi connectivity index (χ1v) is 16.0. The molecule has 0 saturated carbocycles. The van der Waals surface area contributed by atoms with Gasteiger partial charge in [0.25, 0.3) is 5.79 Å². The summed E-state index contributed by atoms with van der Waals surface area (Å²) in [6.07, 6.45) is 6.44. The normalized spacial score (nSPS) is 21.2. The molecule has 0 aliphatic carbocycles. The first-order chi connectivity index (χ1) is 21.8. The minimum absolute atomic E-state index is 0.00543. The fraction of sp³-hybridized carbons (Fsp3) is 0.371. The molecule has 3 aliphatic rings. The highest BCUT2D eigenvalue weighted by Gasteiger charge is 2.43. The molecule has 4 heterocycles. The quantitative estimate of drug-likeness (QED) is 0.188. The van der Waals surface area contributed by atoms with Crippen LogP contribution in [0.2, 0.25) is 5.02 Å². The molecule has 10 heteroatoms. The van der Waals surface area contributed by atoms with E-state index in [0.717, 1.165) is 67.2 Å². The molecule has 1 aromatic heterocycles. The number of rotatable bonds is 9. The number of fused-ring (bicyclic) bond motifs is 2. The Balaban J connectivity index is 1.05. The lowest BCUT2D eigenvalue weighted by atomic mass is 9.88. The van der Waals surface area contributed by atoms with Gasteiger partial charge in [0, 0.05) is 36.0 Å². The van der Waals surface area contributed by atoms with E-state index in [4.69, 9.17) is 25.5 Å². The molecule has 0 bridgehead atoms. The number of nitrogens with zero attached hydrogens (tertiary/aromatic N) is 3. The van der Waals surface area contributed by atoms with Crippen molar-refractivity contribution in [2.75, 3.05) is 29.9 Å². The summed E-state index contributed by atoms with van der Waals surface area (Å²) in [5.74, 6) is 0.784. The number of likely N-dealkylation sites (tertiary alicyclic amines) is 1. The standard InChI is InChI=1S/C35H36ClFN4O4/c1-3-5-31(42)23-8-11-29-30(16-23)41(19-25-18-38-21-43-25)33(39-29)20-40-14-12-22(13-15-40)26-6-4-7-32-34(26)45-35(2,44-32)27-10-9-24(36)17-28(27)37/h4,6-11,16-18,21-22,33,39H,3,5,12-15,19-20H2,1-2H3. The van der Waals surface area contributed by atoms with E-state index in [9.17, 15) is 9.18 Å². The molecular formula is C35H36ClFN4O4. The zero-order valence-corrected chi connectivity index (χ0v) is 26.1. The van der Waals surface area contributed by atoms with E-state index >= 15 is 0 Å². The average Bonchev–Trinajstić information content (AvgIpc) is 3.75. The second kappa shape index (κ2) is 12.0. The number of carbonyl (C=O) groups excluding carboxylic acids is 1. The number of nitrogens with one attached hydrogen (secondary N) is 1. The highest BCUT2D eigenvalue weighted by atomic mass is 35.5. The highest BCUT2D eigenvalue weighted by molar-refractivity contribution is 6.30. The Labute approximate surface area is 267 Å². The van der Waals surface area contributed by atoms with Crippen LogP contribution < -0.4 is 19.7 Å². The molecule has 8 nitrogen and oxygen atoms in total. The maximum Gasteiger partial charge on any atom is 0.278 e. The zero-order valence-electron chi connectivity index (χ0n) is 25.4. The van der Waals surface area contributed by atoms with Crippen molar-refractivity contribution in [1.29, 1.82) is 0 Å². The summed E-state index contributed by atoms with van der Waals surface area (Å²) in [6, 6.07) is 16.4. The van der Waals surface area contributed by atoms with Gasteiger partial charge in [0.2, 0.25) is 0 Å². The van der Waals surface area contributed by atoms with Crippen molar-refractivity contribution in [1.82, 2.24) is 9.88 Å². The molecular weight excluding hydrogens is 595 g/mol. The minimum atomic E-state index is -1.27. The van der Waals surface area contributed by atoms with Gasteiger partial charge in [0.05, 0.1) is 29.7 Å².